The Morgan fingerprint density at radius 1 is 0.957 bits per heavy atom. The van der Waals surface area contributed by atoms with Gasteiger partial charge in [-0.3, -0.25) is 0 Å². The fourth-order valence-electron chi connectivity index (χ4n) is 3.17. The first-order valence-electron chi connectivity index (χ1n) is 8.31. The molecule has 0 radical (unpaired) electrons. The monoisotopic (exact) mass is 438 g/mol. The molecule has 0 amide bonds. The second kappa shape index (κ2) is 7.95. The highest BCUT2D eigenvalue weighted by Crippen LogP contribution is 2.40. The molecule has 0 spiro atoms. The quantitative estimate of drug-likeness (QED) is 0.387. The first kappa shape index (κ1) is 18.7. The summed E-state index contributed by atoms with van der Waals surface area (Å²) in [6, 6.07) is 20.6. The molecule has 0 aliphatic heterocycles. The summed E-state index contributed by atoms with van der Waals surface area (Å²) in [5.74, 6) is 0.694. The maximum absolute atomic E-state index is 12.0. The zero-order chi connectivity index (χ0) is 16.9. The van der Waals surface area contributed by atoms with Gasteiger partial charge in [0.15, 0.2) is 0 Å². The molecule has 0 aliphatic rings. The Kier molecular flexibility index (Phi) is 6.46. The van der Waals surface area contributed by atoms with Gasteiger partial charge in [-0.1, -0.05) is 104 Å². The number of alkyl halides is 1. The highest BCUT2D eigenvalue weighted by Gasteiger charge is 2.49. The molecule has 0 aromatic heterocycles. The molecule has 124 valence electrons. The molecule has 1 atom stereocenters. The molecular weight excluding hydrogens is 411 g/mol. The van der Waals surface area contributed by atoms with Gasteiger partial charge in [-0.05, 0) is 34.2 Å². The highest BCUT2D eigenvalue weighted by molar-refractivity contribution is 14.1. The minimum absolute atomic E-state index is 0.115. The third-order valence-corrected chi connectivity index (χ3v) is 10.9. The van der Waals surface area contributed by atoms with E-state index in [4.69, 9.17) is 0 Å². The van der Waals surface area contributed by atoms with Crippen LogP contribution in [0.4, 0.5) is 0 Å². The molecular formula is C20H27IOSi. The van der Waals surface area contributed by atoms with Gasteiger partial charge in [-0.15, -0.1) is 0 Å². The number of hydrogen-bond acceptors (Lipinski definition) is 1. The van der Waals surface area contributed by atoms with Crippen LogP contribution in [-0.2, 0) is 0 Å². The largest absolute Gasteiger partial charge is 0.424 e. The Labute approximate surface area is 155 Å². The molecule has 2 aromatic carbocycles. The van der Waals surface area contributed by atoms with Crippen molar-refractivity contribution in [2.45, 2.75) is 38.7 Å². The zero-order valence-electron chi connectivity index (χ0n) is 14.3. The Morgan fingerprint density at radius 3 is 1.78 bits per heavy atom. The molecule has 0 aliphatic carbocycles. The van der Waals surface area contributed by atoms with Crippen LogP contribution in [0.5, 0.6) is 0 Å². The summed E-state index contributed by atoms with van der Waals surface area (Å²) >= 11 is 2.46. The van der Waals surface area contributed by atoms with Crippen molar-refractivity contribution in [3.05, 3.63) is 60.7 Å². The molecule has 23 heavy (non-hydrogen) atoms. The molecule has 2 rings (SSSR count). The van der Waals surface area contributed by atoms with E-state index in [1.807, 2.05) is 36.4 Å². The van der Waals surface area contributed by atoms with Gasteiger partial charge in [-0.2, -0.15) is 0 Å². The van der Waals surface area contributed by atoms with Gasteiger partial charge in [0.1, 0.15) is 0 Å². The van der Waals surface area contributed by atoms with Gasteiger partial charge in [0, 0.05) is 4.43 Å². The van der Waals surface area contributed by atoms with Crippen molar-refractivity contribution in [2.75, 3.05) is 4.43 Å². The van der Waals surface area contributed by atoms with E-state index >= 15 is 0 Å². The van der Waals surface area contributed by atoms with E-state index in [0.717, 1.165) is 23.2 Å². The van der Waals surface area contributed by atoms with Crippen molar-refractivity contribution in [1.29, 1.82) is 0 Å². The fourth-order valence-corrected chi connectivity index (χ4v) is 7.36. The van der Waals surface area contributed by atoms with Crippen LogP contribution in [0.1, 0.15) is 33.6 Å². The van der Waals surface area contributed by atoms with Crippen LogP contribution in [0.15, 0.2) is 60.7 Å². The average Bonchev–Trinajstić information content (AvgIpc) is 2.60. The van der Waals surface area contributed by atoms with Crippen molar-refractivity contribution < 1.29 is 4.80 Å². The van der Waals surface area contributed by atoms with Crippen LogP contribution in [-0.4, -0.2) is 17.5 Å². The van der Waals surface area contributed by atoms with E-state index in [1.54, 1.807) is 0 Å². The Hall–Kier alpha value is -0.653. The smallest absolute Gasteiger partial charge is 0.258 e. The van der Waals surface area contributed by atoms with Gasteiger partial charge >= 0.3 is 0 Å². The molecule has 0 saturated carbocycles. The Balaban J connectivity index is 2.46. The van der Waals surface area contributed by atoms with Gasteiger partial charge in [0.2, 0.25) is 0 Å². The van der Waals surface area contributed by atoms with Crippen molar-refractivity contribution in [3.8, 4) is 0 Å². The van der Waals surface area contributed by atoms with E-state index < -0.39 is 8.32 Å². The maximum Gasteiger partial charge on any atom is 0.258 e. The van der Waals surface area contributed by atoms with Gasteiger partial charge in [0.05, 0.1) is 0 Å². The van der Waals surface area contributed by atoms with Crippen molar-refractivity contribution in [2.24, 2.45) is 5.92 Å². The molecule has 3 heteroatoms. The Bertz CT molecular complexity index is 558. The third kappa shape index (κ3) is 4.06. The van der Waals surface area contributed by atoms with Crippen LogP contribution in [0.2, 0.25) is 5.04 Å². The SMILES string of the molecule is C[C@H](CI)CCC(C)(C)[Si](O)(c1ccccc1)c1ccccc1. The van der Waals surface area contributed by atoms with Crippen LogP contribution in [0.25, 0.3) is 0 Å². The summed E-state index contributed by atoms with van der Waals surface area (Å²) in [4.78, 5) is 12.0. The van der Waals surface area contributed by atoms with Crippen molar-refractivity contribution in [3.63, 3.8) is 0 Å². The summed E-state index contributed by atoms with van der Waals surface area (Å²) in [6.45, 7) is 6.80. The predicted molar refractivity (Wildman–Crippen MR) is 111 cm³/mol. The summed E-state index contributed by atoms with van der Waals surface area (Å²) in [5.41, 5.74) is 0. The molecule has 0 unspecified atom stereocenters. The average molecular weight is 438 g/mol. The molecule has 0 bridgehead atoms. The second-order valence-electron chi connectivity index (χ2n) is 7.12. The lowest BCUT2D eigenvalue weighted by atomic mass is 10.00. The number of hydrogen-bond donors (Lipinski definition) is 1. The van der Waals surface area contributed by atoms with E-state index in [2.05, 4.69) is 67.6 Å². The fraction of sp³-hybridized carbons (Fsp3) is 0.400. The zero-order valence-corrected chi connectivity index (χ0v) is 17.5. The number of rotatable bonds is 7. The molecule has 1 nitrogen and oxygen atoms in total. The van der Waals surface area contributed by atoms with Gasteiger partial charge in [0.25, 0.3) is 8.32 Å². The highest BCUT2D eigenvalue weighted by atomic mass is 127. The number of benzene rings is 2. The summed E-state index contributed by atoms with van der Waals surface area (Å²) in [6.07, 6.45) is 2.20. The first-order chi connectivity index (χ1) is 10.9. The first-order valence-corrected chi connectivity index (χ1v) is 11.8. The molecule has 1 N–H and O–H groups in total. The van der Waals surface area contributed by atoms with Crippen molar-refractivity contribution in [1.82, 2.24) is 0 Å². The number of halogens is 1. The molecule has 0 saturated heterocycles. The van der Waals surface area contributed by atoms with Crippen LogP contribution in [0.3, 0.4) is 0 Å². The lowest BCUT2D eigenvalue weighted by Crippen LogP contribution is -2.65. The maximum atomic E-state index is 12.0. The van der Waals surface area contributed by atoms with E-state index in [1.165, 1.54) is 4.43 Å². The van der Waals surface area contributed by atoms with E-state index in [-0.39, 0.29) is 5.04 Å². The lowest BCUT2D eigenvalue weighted by Gasteiger charge is -2.41. The third-order valence-electron chi connectivity index (χ3n) is 4.89. The van der Waals surface area contributed by atoms with E-state index in [9.17, 15) is 4.80 Å². The van der Waals surface area contributed by atoms with Gasteiger partial charge in [-0.25, -0.2) is 0 Å². The summed E-state index contributed by atoms with van der Waals surface area (Å²) in [5, 5.41) is 2.10. The van der Waals surface area contributed by atoms with Crippen LogP contribution in [0, 0.1) is 5.92 Å². The van der Waals surface area contributed by atoms with Crippen LogP contribution < -0.4 is 10.4 Å². The molecule has 0 heterocycles. The van der Waals surface area contributed by atoms with Crippen molar-refractivity contribution >= 4 is 41.3 Å². The topological polar surface area (TPSA) is 20.2 Å². The minimum atomic E-state index is -2.81. The van der Waals surface area contributed by atoms with Gasteiger partial charge < -0.3 is 4.80 Å². The minimum Gasteiger partial charge on any atom is -0.424 e. The second-order valence-corrected chi connectivity index (χ2v) is 11.9. The van der Waals surface area contributed by atoms with E-state index in [0.29, 0.717) is 5.92 Å². The predicted octanol–water partition coefficient (Wildman–Crippen LogP) is 4.37. The molecule has 2 aromatic rings. The van der Waals surface area contributed by atoms with Crippen LogP contribution >= 0.6 is 22.6 Å². The normalized spacial score (nSPS) is 13.8. The molecule has 0 fully saturated rings. The summed E-state index contributed by atoms with van der Waals surface area (Å²) in [7, 11) is -2.81. The summed E-state index contributed by atoms with van der Waals surface area (Å²) < 4.78 is 1.17. The Morgan fingerprint density at radius 2 is 1.39 bits per heavy atom. The standard InChI is InChI=1S/C20H27IOSi/c1-17(16-21)14-15-20(2,3)23(22,18-10-6-4-7-11-18)19-12-8-5-9-13-19/h4-13,17,22H,14-16H2,1-3H3/t17-/m0/s1. The lowest BCUT2D eigenvalue weighted by molar-refractivity contribution is 0.430.